The predicted molar refractivity (Wildman–Crippen MR) is 78.9 cm³/mol. The molecule has 2 rings (SSSR count). The van der Waals surface area contributed by atoms with Gasteiger partial charge in [-0.25, -0.2) is 9.97 Å². The van der Waals surface area contributed by atoms with Crippen LogP contribution in [0.3, 0.4) is 0 Å². The van der Waals surface area contributed by atoms with Gasteiger partial charge < -0.3 is 10.4 Å². The summed E-state index contributed by atoms with van der Waals surface area (Å²) in [4.78, 5) is 8.19. The zero-order chi connectivity index (χ0) is 13.5. The molecule has 4 nitrogen and oxygen atoms in total. The molecule has 1 heterocycles. The second-order valence-electron chi connectivity index (χ2n) is 4.34. The van der Waals surface area contributed by atoms with Gasteiger partial charge in [-0.2, -0.15) is 0 Å². The molecule has 5 heteroatoms. The highest BCUT2D eigenvalue weighted by molar-refractivity contribution is 9.10. The van der Waals surface area contributed by atoms with Crippen LogP contribution in [-0.4, -0.2) is 28.2 Å². The lowest BCUT2D eigenvalue weighted by Gasteiger charge is -2.15. The fourth-order valence-electron chi connectivity index (χ4n) is 1.82. The number of aliphatic hydroxyl groups is 1. The average Bonchev–Trinajstić information content (AvgIpc) is 2.44. The van der Waals surface area contributed by atoms with Gasteiger partial charge in [0.15, 0.2) is 0 Å². The van der Waals surface area contributed by atoms with E-state index in [4.69, 9.17) is 0 Å². The van der Waals surface area contributed by atoms with Gasteiger partial charge in [-0.1, -0.05) is 28.1 Å². The molecule has 2 N–H and O–H groups in total. The van der Waals surface area contributed by atoms with E-state index in [9.17, 15) is 5.11 Å². The molecule has 0 unspecified atom stereocenters. The summed E-state index contributed by atoms with van der Waals surface area (Å²) in [7, 11) is 0. The van der Waals surface area contributed by atoms with Crippen LogP contribution in [0.15, 0.2) is 47.2 Å². The third kappa shape index (κ3) is 4.61. The van der Waals surface area contributed by atoms with Gasteiger partial charge in [0.05, 0.1) is 0 Å². The van der Waals surface area contributed by atoms with Crippen molar-refractivity contribution in [3.8, 4) is 0 Å². The zero-order valence-corrected chi connectivity index (χ0v) is 12.0. The molecule has 0 saturated carbocycles. The molecule has 1 aromatic carbocycles. The fraction of sp³-hybridized carbons (Fsp3) is 0.286. The van der Waals surface area contributed by atoms with Gasteiger partial charge in [-0.3, -0.25) is 0 Å². The summed E-state index contributed by atoms with van der Waals surface area (Å²) in [5.41, 5.74) is 1.20. The summed E-state index contributed by atoms with van der Waals surface area (Å²) >= 11 is 3.45. The molecule has 1 aromatic heterocycles. The molecule has 100 valence electrons. The second kappa shape index (κ2) is 7.21. The molecule has 1 atom stereocenters. The van der Waals surface area contributed by atoms with E-state index in [1.807, 2.05) is 12.1 Å². The molecule has 0 amide bonds. The molecule has 2 aromatic rings. The summed E-state index contributed by atoms with van der Waals surface area (Å²) in [6.45, 7) is 0.777. The molecule has 0 saturated heterocycles. The Kier molecular flexibility index (Phi) is 5.30. The Balaban J connectivity index is 1.90. The van der Waals surface area contributed by atoms with Crippen LogP contribution >= 0.6 is 15.9 Å². The first kappa shape index (κ1) is 14.0. The van der Waals surface area contributed by atoms with Gasteiger partial charge in [0.25, 0.3) is 0 Å². The Labute approximate surface area is 121 Å². The Morgan fingerprint density at radius 2 is 2.00 bits per heavy atom. The lowest BCUT2D eigenvalue weighted by Crippen LogP contribution is -2.21. The van der Waals surface area contributed by atoms with Crippen LogP contribution < -0.4 is 5.32 Å². The Hall–Kier alpha value is -1.46. The normalized spacial score (nSPS) is 12.1. The van der Waals surface area contributed by atoms with Crippen LogP contribution in [0, 0.1) is 5.92 Å². The Morgan fingerprint density at radius 1 is 1.21 bits per heavy atom. The van der Waals surface area contributed by atoms with E-state index in [1.54, 1.807) is 18.5 Å². The van der Waals surface area contributed by atoms with Crippen molar-refractivity contribution in [2.45, 2.75) is 6.42 Å². The number of hydrogen-bond donors (Lipinski definition) is 2. The van der Waals surface area contributed by atoms with Crippen molar-refractivity contribution < 1.29 is 5.11 Å². The van der Waals surface area contributed by atoms with Gasteiger partial charge in [0.1, 0.15) is 0 Å². The van der Waals surface area contributed by atoms with E-state index in [0.29, 0.717) is 12.5 Å². The first-order valence-corrected chi connectivity index (χ1v) is 6.93. The van der Waals surface area contributed by atoms with Gasteiger partial charge in [0.2, 0.25) is 5.95 Å². The third-order valence-corrected chi connectivity index (χ3v) is 3.28. The maximum Gasteiger partial charge on any atom is 0.222 e. The van der Waals surface area contributed by atoms with Gasteiger partial charge >= 0.3 is 0 Å². The van der Waals surface area contributed by atoms with Crippen molar-refractivity contribution in [3.05, 3.63) is 52.8 Å². The summed E-state index contributed by atoms with van der Waals surface area (Å²) in [6.07, 6.45) is 4.20. The third-order valence-electron chi connectivity index (χ3n) is 2.79. The highest BCUT2D eigenvalue weighted by Crippen LogP contribution is 2.15. The highest BCUT2D eigenvalue weighted by Gasteiger charge is 2.09. The quantitative estimate of drug-likeness (QED) is 0.858. The summed E-state index contributed by atoms with van der Waals surface area (Å²) in [5, 5.41) is 12.6. The predicted octanol–water partition coefficient (Wildman–Crippen LogP) is 2.50. The van der Waals surface area contributed by atoms with Crippen LogP contribution in [0.2, 0.25) is 0 Å². The van der Waals surface area contributed by atoms with E-state index >= 15 is 0 Å². The monoisotopic (exact) mass is 321 g/mol. The molecule has 0 spiro atoms. The molecule has 0 aliphatic heterocycles. The summed E-state index contributed by atoms with van der Waals surface area (Å²) in [6, 6.07) is 9.90. The maximum absolute atomic E-state index is 9.44. The minimum atomic E-state index is 0.131. The van der Waals surface area contributed by atoms with Gasteiger partial charge in [-0.05, 0) is 30.2 Å². The van der Waals surface area contributed by atoms with Crippen molar-refractivity contribution in [3.63, 3.8) is 0 Å². The zero-order valence-electron chi connectivity index (χ0n) is 10.5. The number of rotatable bonds is 6. The van der Waals surface area contributed by atoms with Crippen LogP contribution in [-0.2, 0) is 6.42 Å². The topological polar surface area (TPSA) is 58.0 Å². The first-order valence-electron chi connectivity index (χ1n) is 6.14. The number of nitrogens with one attached hydrogen (secondary N) is 1. The van der Waals surface area contributed by atoms with Gasteiger partial charge in [-0.15, -0.1) is 0 Å². The van der Waals surface area contributed by atoms with E-state index in [1.165, 1.54) is 5.56 Å². The lowest BCUT2D eigenvalue weighted by atomic mass is 10.0. The SMILES string of the molecule is OC[C@H](CNc1ncccn1)Cc1cccc(Br)c1. The van der Waals surface area contributed by atoms with Crippen molar-refractivity contribution in [1.82, 2.24) is 9.97 Å². The molecule has 0 aliphatic rings. The average molecular weight is 322 g/mol. The van der Waals surface area contributed by atoms with Crippen LogP contribution in [0.4, 0.5) is 5.95 Å². The summed E-state index contributed by atoms with van der Waals surface area (Å²) in [5.74, 6) is 0.730. The van der Waals surface area contributed by atoms with Crippen LogP contribution in [0.5, 0.6) is 0 Å². The Morgan fingerprint density at radius 3 is 2.68 bits per heavy atom. The number of aromatic nitrogens is 2. The fourth-order valence-corrected chi connectivity index (χ4v) is 2.27. The minimum absolute atomic E-state index is 0.131. The number of halogens is 1. The molecule has 0 aliphatic carbocycles. The number of nitrogens with zero attached hydrogens (tertiary/aromatic N) is 2. The minimum Gasteiger partial charge on any atom is -0.396 e. The van der Waals surface area contributed by atoms with E-state index in [2.05, 4.69) is 43.3 Å². The Bertz CT molecular complexity index is 507. The van der Waals surface area contributed by atoms with Gasteiger partial charge in [0, 0.05) is 35.9 Å². The molecule has 0 fully saturated rings. The number of benzene rings is 1. The largest absolute Gasteiger partial charge is 0.396 e. The van der Waals surface area contributed by atoms with Crippen molar-refractivity contribution in [1.29, 1.82) is 0 Å². The lowest BCUT2D eigenvalue weighted by molar-refractivity contribution is 0.232. The molecule has 0 bridgehead atoms. The van der Waals surface area contributed by atoms with E-state index in [0.717, 1.165) is 10.9 Å². The standard InChI is InChI=1S/C14H16BrN3O/c15-13-4-1-3-11(8-13)7-12(10-19)9-18-14-16-5-2-6-17-14/h1-6,8,12,19H,7,9-10H2,(H,16,17,18)/t12-/m0/s1. The highest BCUT2D eigenvalue weighted by atomic mass is 79.9. The first-order chi connectivity index (χ1) is 9.28. The second-order valence-corrected chi connectivity index (χ2v) is 5.25. The molecule has 19 heavy (non-hydrogen) atoms. The maximum atomic E-state index is 9.44. The van der Waals surface area contributed by atoms with Crippen molar-refractivity contribution in [2.75, 3.05) is 18.5 Å². The van der Waals surface area contributed by atoms with E-state index in [-0.39, 0.29) is 12.5 Å². The number of aliphatic hydroxyl groups excluding tert-OH is 1. The van der Waals surface area contributed by atoms with E-state index < -0.39 is 0 Å². The number of hydrogen-bond acceptors (Lipinski definition) is 4. The smallest absolute Gasteiger partial charge is 0.222 e. The van der Waals surface area contributed by atoms with Crippen LogP contribution in [0.1, 0.15) is 5.56 Å². The number of anilines is 1. The molecular weight excluding hydrogens is 306 g/mol. The van der Waals surface area contributed by atoms with Crippen LogP contribution in [0.25, 0.3) is 0 Å². The summed E-state index contributed by atoms with van der Waals surface area (Å²) < 4.78 is 1.06. The molecular formula is C14H16BrN3O. The molecule has 0 radical (unpaired) electrons. The van der Waals surface area contributed by atoms with Crippen molar-refractivity contribution in [2.24, 2.45) is 5.92 Å². The van der Waals surface area contributed by atoms with Crippen molar-refractivity contribution >= 4 is 21.9 Å².